The first-order chi connectivity index (χ1) is 13.3. The predicted octanol–water partition coefficient (Wildman–Crippen LogP) is 3.88. The van der Waals surface area contributed by atoms with Gasteiger partial charge in [0.25, 0.3) is 0 Å². The molecule has 5 nitrogen and oxygen atoms in total. The van der Waals surface area contributed by atoms with E-state index in [1.54, 1.807) is 0 Å². The maximum absolute atomic E-state index is 6.00. The SMILES string of the molecule is CCN1CCC(CCNC(=NC)NCc2ccccc2OCC2CC2)CC1.I. The molecule has 0 bridgehead atoms. The van der Waals surface area contributed by atoms with Crippen molar-refractivity contribution in [3.8, 4) is 5.75 Å². The van der Waals surface area contributed by atoms with Crippen LogP contribution in [0, 0.1) is 11.8 Å². The van der Waals surface area contributed by atoms with Gasteiger partial charge in [0, 0.05) is 25.7 Å². The molecule has 28 heavy (non-hydrogen) atoms. The molecule has 0 radical (unpaired) electrons. The minimum atomic E-state index is 0. The minimum Gasteiger partial charge on any atom is -0.493 e. The van der Waals surface area contributed by atoms with Gasteiger partial charge < -0.3 is 20.3 Å². The average Bonchev–Trinajstić information content (AvgIpc) is 3.54. The lowest BCUT2D eigenvalue weighted by Gasteiger charge is -2.31. The van der Waals surface area contributed by atoms with Gasteiger partial charge in [-0.05, 0) is 69.6 Å². The normalized spacial score (nSPS) is 18.4. The topological polar surface area (TPSA) is 48.9 Å². The van der Waals surface area contributed by atoms with Crippen LogP contribution in [-0.2, 0) is 6.54 Å². The Hall–Kier alpha value is -1.02. The summed E-state index contributed by atoms with van der Waals surface area (Å²) in [6, 6.07) is 8.31. The van der Waals surface area contributed by atoms with Crippen LogP contribution in [0.15, 0.2) is 29.3 Å². The Balaban J connectivity index is 0.00000280. The Morgan fingerprint density at radius 2 is 1.86 bits per heavy atom. The molecule has 1 aliphatic heterocycles. The summed E-state index contributed by atoms with van der Waals surface area (Å²) in [5.41, 5.74) is 1.19. The van der Waals surface area contributed by atoms with Gasteiger partial charge in [-0.25, -0.2) is 0 Å². The number of aliphatic imine (C=N–C) groups is 1. The quantitative estimate of drug-likeness (QED) is 0.307. The van der Waals surface area contributed by atoms with Gasteiger partial charge >= 0.3 is 0 Å². The number of halogens is 1. The van der Waals surface area contributed by atoms with Crippen LogP contribution in [0.2, 0.25) is 0 Å². The maximum Gasteiger partial charge on any atom is 0.191 e. The average molecular weight is 500 g/mol. The zero-order valence-electron chi connectivity index (χ0n) is 17.5. The van der Waals surface area contributed by atoms with E-state index in [0.717, 1.165) is 43.2 Å². The molecule has 0 unspecified atom stereocenters. The summed E-state index contributed by atoms with van der Waals surface area (Å²) in [5, 5.41) is 6.91. The number of ether oxygens (including phenoxy) is 1. The van der Waals surface area contributed by atoms with E-state index < -0.39 is 0 Å². The van der Waals surface area contributed by atoms with Crippen molar-refractivity contribution in [1.29, 1.82) is 0 Å². The number of hydrogen-bond donors (Lipinski definition) is 2. The van der Waals surface area contributed by atoms with Crippen LogP contribution in [0.25, 0.3) is 0 Å². The van der Waals surface area contributed by atoms with Crippen LogP contribution in [0.3, 0.4) is 0 Å². The molecular weight excluding hydrogens is 463 g/mol. The molecule has 6 heteroatoms. The standard InChI is InChI=1S/C22H36N4O.HI/c1-3-26-14-11-18(12-15-26)10-13-24-22(23-2)25-16-20-6-4-5-7-21(20)27-17-19-8-9-19;/h4-7,18-19H,3,8-17H2,1-2H3,(H2,23,24,25);1H. The molecule has 0 aromatic heterocycles. The van der Waals surface area contributed by atoms with Gasteiger partial charge in [-0.3, -0.25) is 4.99 Å². The van der Waals surface area contributed by atoms with E-state index in [1.165, 1.54) is 57.3 Å². The summed E-state index contributed by atoms with van der Waals surface area (Å²) in [5.74, 6) is 3.48. The van der Waals surface area contributed by atoms with Gasteiger partial charge in [-0.15, -0.1) is 24.0 Å². The van der Waals surface area contributed by atoms with Gasteiger partial charge in [0.05, 0.1) is 6.61 Å². The van der Waals surface area contributed by atoms with Crippen LogP contribution in [0.4, 0.5) is 0 Å². The molecule has 1 aromatic carbocycles. The number of para-hydroxylation sites is 1. The van der Waals surface area contributed by atoms with E-state index in [0.29, 0.717) is 0 Å². The molecule has 0 atom stereocenters. The molecule has 1 saturated carbocycles. The third kappa shape index (κ3) is 7.78. The third-order valence-corrected chi connectivity index (χ3v) is 5.81. The zero-order chi connectivity index (χ0) is 18.9. The first-order valence-electron chi connectivity index (χ1n) is 10.7. The van der Waals surface area contributed by atoms with Gasteiger partial charge in [-0.2, -0.15) is 0 Å². The summed E-state index contributed by atoms with van der Waals surface area (Å²) in [7, 11) is 1.84. The van der Waals surface area contributed by atoms with Crippen molar-refractivity contribution in [2.24, 2.45) is 16.8 Å². The molecule has 1 aliphatic carbocycles. The fourth-order valence-electron chi connectivity index (χ4n) is 3.67. The molecule has 0 amide bonds. The smallest absolute Gasteiger partial charge is 0.191 e. The molecular formula is C22H37IN4O. The fourth-order valence-corrected chi connectivity index (χ4v) is 3.67. The van der Waals surface area contributed by atoms with Gasteiger partial charge in [0.1, 0.15) is 5.75 Å². The lowest BCUT2D eigenvalue weighted by atomic mass is 9.93. The molecule has 1 saturated heterocycles. The summed E-state index contributed by atoms with van der Waals surface area (Å²) in [6.07, 6.45) is 6.50. The summed E-state index contributed by atoms with van der Waals surface area (Å²) in [6.45, 7) is 8.52. The second-order valence-electron chi connectivity index (χ2n) is 7.88. The monoisotopic (exact) mass is 500 g/mol. The van der Waals surface area contributed by atoms with Gasteiger partial charge in [0.2, 0.25) is 0 Å². The highest BCUT2D eigenvalue weighted by Gasteiger charge is 2.22. The van der Waals surface area contributed by atoms with Gasteiger partial charge in [0.15, 0.2) is 5.96 Å². The van der Waals surface area contributed by atoms with E-state index in [1.807, 2.05) is 13.1 Å². The van der Waals surface area contributed by atoms with E-state index in [-0.39, 0.29) is 24.0 Å². The molecule has 3 rings (SSSR count). The van der Waals surface area contributed by atoms with Gasteiger partial charge in [-0.1, -0.05) is 25.1 Å². The maximum atomic E-state index is 6.00. The number of rotatable bonds is 9. The number of likely N-dealkylation sites (tertiary alicyclic amines) is 1. The Morgan fingerprint density at radius 1 is 1.11 bits per heavy atom. The van der Waals surface area contributed by atoms with Crippen molar-refractivity contribution in [3.05, 3.63) is 29.8 Å². The lowest BCUT2D eigenvalue weighted by Crippen LogP contribution is -2.39. The van der Waals surface area contributed by atoms with Crippen molar-refractivity contribution in [2.75, 3.05) is 39.8 Å². The molecule has 0 spiro atoms. The number of guanidine groups is 1. The molecule has 2 fully saturated rings. The second-order valence-corrected chi connectivity index (χ2v) is 7.88. The first kappa shape index (κ1) is 23.3. The Morgan fingerprint density at radius 3 is 2.54 bits per heavy atom. The van der Waals surface area contributed by atoms with Crippen LogP contribution >= 0.6 is 24.0 Å². The zero-order valence-corrected chi connectivity index (χ0v) is 19.8. The third-order valence-electron chi connectivity index (χ3n) is 5.81. The Bertz CT molecular complexity index is 598. The highest BCUT2D eigenvalue weighted by molar-refractivity contribution is 14.0. The molecule has 1 aromatic rings. The van der Waals surface area contributed by atoms with Crippen molar-refractivity contribution in [3.63, 3.8) is 0 Å². The first-order valence-corrected chi connectivity index (χ1v) is 10.7. The number of piperidine rings is 1. The Kier molecular flexibility index (Phi) is 10.4. The minimum absolute atomic E-state index is 0. The van der Waals surface area contributed by atoms with E-state index >= 15 is 0 Å². The Labute approximate surface area is 187 Å². The molecule has 1 heterocycles. The molecule has 2 aliphatic rings. The van der Waals surface area contributed by atoms with Crippen molar-refractivity contribution < 1.29 is 4.74 Å². The fraction of sp³-hybridized carbons (Fsp3) is 0.682. The summed E-state index contributed by atoms with van der Waals surface area (Å²) in [4.78, 5) is 6.92. The highest BCUT2D eigenvalue weighted by atomic mass is 127. The summed E-state index contributed by atoms with van der Waals surface area (Å²) < 4.78 is 6.00. The largest absolute Gasteiger partial charge is 0.493 e. The van der Waals surface area contributed by atoms with Crippen molar-refractivity contribution >= 4 is 29.9 Å². The van der Waals surface area contributed by atoms with E-state index in [2.05, 4.69) is 45.6 Å². The van der Waals surface area contributed by atoms with Crippen LogP contribution in [-0.4, -0.2) is 50.7 Å². The summed E-state index contributed by atoms with van der Waals surface area (Å²) >= 11 is 0. The number of hydrogen-bond acceptors (Lipinski definition) is 3. The number of nitrogens with one attached hydrogen (secondary N) is 2. The van der Waals surface area contributed by atoms with Crippen molar-refractivity contribution in [2.45, 2.75) is 45.6 Å². The van der Waals surface area contributed by atoms with E-state index in [4.69, 9.17) is 4.74 Å². The van der Waals surface area contributed by atoms with E-state index in [9.17, 15) is 0 Å². The highest BCUT2D eigenvalue weighted by Crippen LogP contribution is 2.30. The van der Waals surface area contributed by atoms with Crippen LogP contribution < -0.4 is 15.4 Å². The van der Waals surface area contributed by atoms with Crippen molar-refractivity contribution in [1.82, 2.24) is 15.5 Å². The lowest BCUT2D eigenvalue weighted by molar-refractivity contribution is 0.187. The number of benzene rings is 1. The van der Waals surface area contributed by atoms with Crippen LogP contribution in [0.1, 0.15) is 44.6 Å². The molecule has 158 valence electrons. The van der Waals surface area contributed by atoms with Crippen LogP contribution in [0.5, 0.6) is 5.75 Å². The number of nitrogens with zero attached hydrogens (tertiary/aromatic N) is 2. The molecule has 2 N–H and O–H groups in total. The second kappa shape index (κ2) is 12.5. The predicted molar refractivity (Wildman–Crippen MR) is 128 cm³/mol.